The van der Waals surface area contributed by atoms with Crippen LogP contribution in [-0.4, -0.2) is 11.1 Å². The summed E-state index contributed by atoms with van der Waals surface area (Å²) in [6, 6.07) is 6.37. The molecular weight excluding hydrogens is 340 g/mol. The molecule has 2 aromatic rings. The topological polar surface area (TPSA) is 46.5 Å². The van der Waals surface area contributed by atoms with Crippen LogP contribution in [0.1, 0.15) is 15.2 Å². The van der Waals surface area contributed by atoms with Crippen LogP contribution in [0.2, 0.25) is 5.02 Å². The van der Waals surface area contributed by atoms with E-state index < -0.39 is 5.97 Å². The van der Waals surface area contributed by atoms with Crippen LogP contribution in [0, 0.1) is 0 Å². The number of hydrogen-bond acceptors (Lipinski definition) is 3. The van der Waals surface area contributed by atoms with Crippen LogP contribution < -0.4 is 4.74 Å². The van der Waals surface area contributed by atoms with E-state index in [4.69, 9.17) is 21.4 Å². The molecule has 94 valence electrons. The van der Waals surface area contributed by atoms with Gasteiger partial charge in [0.25, 0.3) is 0 Å². The monoisotopic (exact) mass is 346 g/mol. The lowest BCUT2D eigenvalue weighted by molar-refractivity contribution is 0.0697. The van der Waals surface area contributed by atoms with E-state index in [0.29, 0.717) is 17.4 Å². The molecule has 1 N–H and O–H groups in total. The number of benzene rings is 1. The molecule has 1 aromatic heterocycles. The second-order valence-electron chi connectivity index (χ2n) is 3.47. The molecule has 6 heteroatoms. The lowest BCUT2D eigenvalue weighted by atomic mass is 10.2. The highest BCUT2D eigenvalue weighted by Gasteiger charge is 2.08. The molecule has 0 unspecified atom stereocenters. The van der Waals surface area contributed by atoms with Gasteiger partial charge < -0.3 is 9.84 Å². The molecule has 0 saturated heterocycles. The summed E-state index contributed by atoms with van der Waals surface area (Å²) in [7, 11) is 0. The van der Waals surface area contributed by atoms with Gasteiger partial charge in [0, 0.05) is 14.7 Å². The second kappa shape index (κ2) is 5.73. The van der Waals surface area contributed by atoms with Crippen LogP contribution >= 0.6 is 38.9 Å². The van der Waals surface area contributed by atoms with Crippen molar-refractivity contribution in [2.75, 3.05) is 0 Å². The summed E-state index contributed by atoms with van der Waals surface area (Å²) in [5, 5.41) is 11.1. The van der Waals surface area contributed by atoms with E-state index in [1.165, 1.54) is 12.1 Å². The maximum absolute atomic E-state index is 10.7. The highest BCUT2D eigenvalue weighted by atomic mass is 79.9. The number of aromatic carboxylic acids is 1. The number of thiophene rings is 1. The Kier molecular flexibility index (Phi) is 4.27. The highest BCUT2D eigenvalue weighted by molar-refractivity contribution is 9.10. The fourth-order valence-electron chi connectivity index (χ4n) is 1.33. The average Bonchev–Trinajstić information content (AvgIpc) is 2.73. The molecule has 0 aliphatic heterocycles. The first kappa shape index (κ1) is 13.4. The van der Waals surface area contributed by atoms with Crippen LogP contribution in [0.3, 0.4) is 0 Å². The van der Waals surface area contributed by atoms with E-state index in [9.17, 15) is 4.79 Å². The number of carboxylic acids is 1. The summed E-state index contributed by atoms with van der Waals surface area (Å²) in [5.41, 5.74) is 0.145. The standard InChI is InChI=1S/C12H8BrClO3S/c13-8-4-9(18-6-8)5-17-11-2-1-7(12(15)16)3-10(11)14/h1-4,6H,5H2,(H,15,16). The fraction of sp³-hybridized carbons (Fsp3) is 0.0833. The molecular formula is C12H8BrClO3S. The van der Waals surface area contributed by atoms with Gasteiger partial charge in [-0.3, -0.25) is 0 Å². The zero-order valence-electron chi connectivity index (χ0n) is 9.02. The van der Waals surface area contributed by atoms with Crippen LogP contribution in [0.15, 0.2) is 34.1 Å². The lowest BCUT2D eigenvalue weighted by Crippen LogP contribution is -1.98. The minimum absolute atomic E-state index is 0.145. The summed E-state index contributed by atoms with van der Waals surface area (Å²) < 4.78 is 6.55. The van der Waals surface area contributed by atoms with E-state index in [-0.39, 0.29) is 5.56 Å². The number of carbonyl (C=O) groups is 1. The molecule has 0 amide bonds. The third-order valence-electron chi connectivity index (χ3n) is 2.17. The minimum atomic E-state index is -1.01. The second-order valence-corrected chi connectivity index (χ2v) is 5.79. The molecule has 3 nitrogen and oxygen atoms in total. The van der Waals surface area contributed by atoms with Crippen molar-refractivity contribution in [2.24, 2.45) is 0 Å². The van der Waals surface area contributed by atoms with Crippen molar-refractivity contribution in [1.29, 1.82) is 0 Å². The molecule has 0 aliphatic rings. The van der Waals surface area contributed by atoms with Gasteiger partial charge in [0.15, 0.2) is 0 Å². The van der Waals surface area contributed by atoms with E-state index in [2.05, 4.69) is 15.9 Å². The molecule has 0 atom stereocenters. The molecule has 2 rings (SSSR count). The van der Waals surface area contributed by atoms with Gasteiger partial charge in [0.2, 0.25) is 0 Å². The van der Waals surface area contributed by atoms with Gasteiger partial charge in [-0.1, -0.05) is 11.6 Å². The smallest absolute Gasteiger partial charge is 0.335 e. The number of hydrogen-bond donors (Lipinski definition) is 1. The predicted molar refractivity (Wildman–Crippen MR) is 74.8 cm³/mol. The van der Waals surface area contributed by atoms with Gasteiger partial charge in [-0.15, -0.1) is 11.3 Å². The SMILES string of the molecule is O=C(O)c1ccc(OCc2cc(Br)cs2)c(Cl)c1. The van der Waals surface area contributed by atoms with Gasteiger partial charge in [-0.25, -0.2) is 4.79 Å². The summed E-state index contributed by atoms with van der Waals surface area (Å²) in [6.07, 6.45) is 0. The number of halogens is 2. The molecule has 18 heavy (non-hydrogen) atoms. The van der Waals surface area contributed by atoms with Crippen molar-refractivity contribution in [1.82, 2.24) is 0 Å². The summed E-state index contributed by atoms with van der Waals surface area (Å²) in [4.78, 5) is 11.8. The quantitative estimate of drug-likeness (QED) is 0.889. The zero-order valence-corrected chi connectivity index (χ0v) is 12.2. The average molecular weight is 348 g/mol. The fourth-order valence-corrected chi connectivity index (χ4v) is 2.93. The minimum Gasteiger partial charge on any atom is -0.487 e. The van der Waals surface area contributed by atoms with Gasteiger partial charge in [-0.2, -0.15) is 0 Å². The Hall–Kier alpha value is -1.04. The highest BCUT2D eigenvalue weighted by Crippen LogP contribution is 2.27. The maximum atomic E-state index is 10.7. The maximum Gasteiger partial charge on any atom is 0.335 e. The first-order valence-corrected chi connectivity index (χ1v) is 7.00. The van der Waals surface area contributed by atoms with Gasteiger partial charge >= 0.3 is 5.97 Å². The molecule has 0 bridgehead atoms. The Bertz CT molecular complexity index is 582. The normalized spacial score (nSPS) is 10.3. The molecule has 1 heterocycles. The zero-order chi connectivity index (χ0) is 13.1. The Balaban J connectivity index is 2.08. The van der Waals surface area contributed by atoms with Crippen molar-refractivity contribution in [3.63, 3.8) is 0 Å². The molecule has 1 aromatic carbocycles. The van der Waals surface area contributed by atoms with E-state index in [1.54, 1.807) is 17.4 Å². The van der Waals surface area contributed by atoms with Crippen molar-refractivity contribution in [2.45, 2.75) is 6.61 Å². The van der Waals surface area contributed by atoms with Gasteiger partial charge in [0.1, 0.15) is 12.4 Å². The Morgan fingerprint density at radius 2 is 2.22 bits per heavy atom. The predicted octanol–water partition coefficient (Wildman–Crippen LogP) is 4.44. The summed E-state index contributed by atoms with van der Waals surface area (Å²) in [5.74, 6) is -0.531. The largest absolute Gasteiger partial charge is 0.487 e. The third kappa shape index (κ3) is 3.25. The molecule has 0 radical (unpaired) electrons. The summed E-state index contributed by atoms with van der Waals surface area (Å²) in [6.45, 7) is 0.405. The van der Waals surface area contributed by atoms with Crippen LogP contribution in [0.25, 0.3) is 0 Å². The van der Waals surface area contributed by atoms with Crippen molar-refractivity contribution in [3.8, 4) is 5.75 Å². The Morgan fingerprint density at radius 1 is 1.44 bits per heavy atom. The van der Waals surface area contributed by atoms with Gasteiger partial charge in [0.05, 0.1) is 10.6 Å². The number of ether oxygens (including phenoxy) is 1. The molecule has 0 saturated carbocycles. The van der Waals surface area contributed by atoms with Crippen molar-refractivity contribution in [3.05, 3.63) is 49.6 Å². The van der Waals surface area contributed by atoms with E-state index >= 15 is 0 Å². The van der Waals surface area contributed by atoms with E-state index in [1.807, 2.05) is 11.4 Å². The first-order valence-electron chi connectivity index (χ1n) is 4.95. The number of rotatable bonds is 4. The van der Waals surface area contributed by atoms with Crippen molar-refractivity contribution < 1.29 is 14.6 Å². The third-order valence-corrected chi connectivity index (χ3v) is 4.14. The van der Waals surface area contributed by atoms with E-state index in [0.717, 1.165) is 9.35 Å². The molecule has 0 aliphatic carbocycles. The Labute approximate surface area is 121 Å². The van der Waals surface area contributed by atoms with Crippen LogP contribution in [0.4, 0.5) is 0 Å². The first-order chi connectivity index (χ1) is 8.56. The van der Waals surface area contributed by atoms with Gasteiger partial charge in [-0.05, 0) is 40.2 Å². The van der Waals surface area contributed by atoms with Crippen LogP contribution in [-0.2, 0) is 6.61 Å². The molecule has 0 fully saturated rings. The molecule has 0 spiro atoms. The van der Waals surface area contributed by atoms with Crippen LogP contribution in [0.5, 0.6) is 5.75 Å². The number of carboxylic acid groups (broad SMARTS) is 1. The lowest BCUT2D eigenvalue weighted by Gasteiger charge is -2.07. The van der Waals surface area contributed by atoms with Crippen molar-refractivity contribution >= 4 is 44.8 Å². The Morgan fingerprint density at radius 3 is 2.78 bits per heavy atom. The summed E-state index contributed by atoms with van der Waals surface area (Å²) >= 11 is 10.9.